The third-order valence-electron chi connectivity index (χ3n) is 3.80. The summed E-state index contributed by atoms with van der Waals surface area (Å²) in [5.74, 6) is -0.191. The Kier molecular flexibility index (Phi) is 4.91. The molecule has 20 heavy (non-hydrogen) atoms. The highest BCUT2D eigenvalue weighted by Crippen LogP contribution is 2.25. The second-order valence-electron chi connectivity index (χ2n) is 5.01. The minimum Gasteiger partial charge on any atom is -0.309 e. The van der Waals surface area contributed by atoms with E-state index in [0.29, 0.717) is 0 Å². The van der Waals surface area contributed by atoms with Gasteiger partial charge in [0.2, 0.25) is 0 Å². The maximum Gasteiger partial charge on any atom is 0.123 e. The average molecular weight is 271 g/mol. The van der Waals surface area contributed by atoms with Gasteiger partial charge in [-0.15, -0.1) is 0 Å². The zero-order valence-electron chi connectivity index (χ0n) is 12.4. The number of benzene rings is 2. The lowest BCUT2D eigenvalue weighted by Crippen LogP contribution is -2.18. The van der Waals surface area contributed by atoms with Crippen LogP contribution in [-0.4, -0.2) is 7.05 Å². The molecule has 0 aromatic heterocycles. The van der Waals surface area contributed by atoms with E-state index in [1.807, 2.05) is 13.1 Å². The summed E-state index contributed by atoms with van der Waals surface area (Å²) in [6.45, 7) is 4.35. The van der Waals surface area contributed by atoms with Crippen molar-refractivity contribution in [2.75, 3.05) is 7.05 Å². The van der Waals surface area contributed by atoms with Crippen LogP contribution >= 0.6 is 0 Å². The second kappa shape index (κ2) is 6.67. The Labute approximate surface area is 120 Å². The molecule has 1 unspecified atom stereocenters. The van der Waals surface area contributed by atoms with E-state index in [-0.39, 0.29) is 11.9 Å². The minimum atomic E-state index is -0.191. The molecule has 0 fully saturated rings. The quantitative estimate of drug-likeness (QED) is 0.856. The van der Waals surface area contributed by atoms with Crippen LogP contribution in [0.15, 0.2) is 42.5 Å². The van der Waals surface area contributed by atoms with E-state index in [1.54, 1.807) is 12.1 Å². The van der Waals surface area contributed by atoms with Crippen molar-refractivity contribution in [1.82, 2.24) is 5.32 Å². The van der Waals surface area contributed by atoms with Gasteiger partial charge >= 0.3 is 0 Å². The monoisotopic (exact) mass is 271 g/mol. The van der Waals surface area contributed by atoms with Crippen molar-refractivity contribution in [3.63, 3.8) is 0 Å². The maximum atomic E-state index is 13.4. The van der Waals surface area contributed by atoms with Gasteiger partial charge in [-0.3, -0.25) is 0 Å². The smallest absolute Gasteiger partial charge is 0.123 e. The van der Waals surface area contributed by atoms with Gasteiger partial charge in [-0.1, -0.05) is 44.2 Å². The molecular formula is C18H22FN. The summed E-state index contributed by atoms with van der Waals surface area (Å²) < 4.78 is 13.4. The first kappa shape index (κ1) is 14.7. The number of hydrogen-bond acceptors (Lipinski definition) is 1. The van der Waals surface area contributed by atoms with E-state index in [0.717, 1.165) is 18.4 Å². The molecule has 0 saturated carbocycles. The molecule has 0 spiro atoms. The molecule has 1 atom stereocenters. The average Bonchev–Trinajstić information content (AvgIpc) is 2.48. The molecule has 2 heteroatoms. The van der Waals surface area contributed by atoms with Crippen LogP contribution in [0.5, 0.6) is 0 Å². The van der Waals surface area contributed by atoms with Crippen molar-refractivity contribution in [3.05, 3.63) is 70.5 Å². The zero-order chi connectivity index (χ0) is 14.5. The van der Waals surface area contributed by atoms with Crippen LogP contribution in [0.4, 0.5) is 4.39 Å². The van der Waals surface area contributed by atoms with Crippen LogP contribution in [-0.2, 0) is 12.8 Å². The molecule has 0 aliphatic heterocycles. The molecule has 0 saturated heterocycles. The van der Waals surface area contributed by atoms with Gasteiger partial charge in [0.15, 0.2) is 0 Å². The largest absolute Gasteiger partial charge is 0.309 e. The van der Waals surface area contributed by atoms with Crippen molar-refractivity contribution < 1.29 is 4.39 Å². The topological polar surface area (TPSA) is 12.0 Å². The van der Waals surface area contributed by atoms with Crippen LogP contribution in [0.25, 0.3) is 0 Å². The molecule has 0 amide bonds. The van der Waals surface area contributed by atoms with E-state index in [1.165, 1.54) is 22.8 Å². The fourth-order valence-electron chi connectivity index (χ4n) is 2.71. The van der Waals surface area contributed by atoms with E-state index in [2.05, 4.69) is 37.4 Å². The summed E-state index contributed by atoms with van der Waals surface area (Å²) in [5.41, 5.74) is 4.91. The number of halogens is 1. The van der Waals surface area contributed by atoms with Gasteiger partial charge in [0.1, 0.15) is 5.82 Å². The standard InChI is InChI=1S/C18H22FN/c1-4-13-9-10-16(11-14(13)5-2)18(20-3)15-7-6-8-17(19)12-15/h6-12,18,20H,4-5H2,1-3H3. The maximum absolute atomic E-state index is 13.4. The van der Waals surface area contributed by atoms with Crippen LogP contribution in [0.1, 0.15) is 42.1 Å². The van der Waals surface area contributed by atoms with Gasteiger partial charge in [-0.25, -0.2) is 4.39 Å². The normalized spacial score (nSPS) is 12.4. The predicted octanol–water partition coefficient (Wildman–Crippen LogP) is 4.26. The number of nitrogens with one attached hydrogen (secondary N) is 1. The van der Waals surface area contributed by atoms with Crippen LogP contribution < -0.4 is 5.32 Å². The molecule has 0 heterocycles. The lowest BCUT2D eigenvalue weighted by Gasteiger charge is -2.19. The Balaban J connectivity index is 2.41. The molecule has 0 bridgehead atoms. The van der Waals surface area contributed by atoms with Crippen LogP contribution in [0.2, 0.25) is 0 Å². The highest BCUT2D eigenvalue weighted by atomic mass is 19.1. The van der Waals surface area contributed by atoms with Gasteiger partial charge < -0.3 is 5.32 Å². The third-order valence-corrected chi connectivity index (χ3v) is 3.80. The highest BCUT2D eigenvalue weighted by Gasteiger charge is 2.13. The second-order valence-corrected chi connectivity index (χ2v) is 5.01. The fraction of sp³-hybridized carbons (Fsp3) is 0.333. The lowest BCUT2D eigenvalue weighted by atomic mass is 9.93. The first-order valence-electron chi connectivity index (χ1n) is 7.24. The Hall–Kier alpha value is -1.67. The van der Waals surface area contributed by atoms with Crippen molar-refractivity contribution in [1.29, 1.82) is 0 Å². The Bertz CT molecular complexity index is 577. The third kappa shape index (κ3) is 3.07. The molecule has 0 aliphatic carbocycles. The molecule has 1 N–H and O–H groups in total. The fourth-order valence-corrected chi connectivity index (χ4v) is 2.71. The van der Waals surface area contributed by atoms with E-state index < -0.39 is 0 Å². The summed E-state index contributed by atoms with van der Waals surface area (Å²) in [5, 5.41) is 3.28. The summed E-state index contributed by atoms with van der Waals surface area (Å²) in [4.78, 5) is 0. The summed E-state index contributed by atoms with van der Waals surface area (Å²) in [6.07, 6.45) is 2.07. The Morgan fingerprint density at radius 1 is 0.950 bits per heavy atom. The van der Waals surface area contributed by atoms with Gasteiger partial charge in [0.25, 0.3) is 0 Å². The number of rotatable bonds is 5. The Morgan fingerprint density at radius 3 is 2.25 bits per heavy atom. The molecule has 1 nitrogen and oxygen atoms in total. The molecule has 2 rings (SSSR count). The first-order chi connectivity index (χ1) is 9.69. The number of aryl methyl sites for hydroxylation is 2. The molecular weight excluding hydrogens is 249 g/mol. The molecule has 0 radical (unpaired) electrons. The van der Waals surface area contributed by atoms with Crippen molar-refractivity contribution >= 4 is 0 Å². The van der Waals surface area contributed by atoms with Crippen molar-refractivity contribution in [2.45, 2.75) is 32.7 Å². The van der Waals surface area contributed by atoms with Crippen LogP contribution in [0, 0.1) is 5.82 Å². The van der Waals surface area contributed by atoms with Gasteiger partial charge in [0, 0.05) is 0 Å². The predicted molar refractivity (Wildman–Crippen MR) is 82.5 cm³/mol. The van der Waals surface area contributed by atoms with E-state index in [4.69, 9.17) is 0 Å². The van der Waals surface area contributed by atoms with E-state index >= 15 is 0 Å². The van der Waals surface area contributed by atoms with E-state index in [9.17, 15) is 4.39 Å². The van der Waals surface area contributed by atoms with Gasteiger partial charge in [-0.2, -0.15) is 0 Å². The Morgan fingerprint density at radius 2 is 1.65 bits per heavy atom. The van der Waals surface area contributed by atoms with Crippen molar-refractivity contribution in [2.24, 2.45) is 0 Å². The summed E-state index contributed by atoms with van der Waals surface area (Å²) in [7, 11) is 1.91. The molecule has 2 aromatic rings. The first-order valence-corrected chi connectivity index (χ1v) is 7.24. The van der Waals surface area contributed by atoms with Gasteiger partial charge in [0.05, 0.1) is 6.04 Å². The highest BCUT2D eigenvalue weighted by molar-refractivity contribution is 5.38. The SMILES string of the molecule is CCc1ccc(C(NC)c2cccc(F)c2)cc1CC. The van der Waals surface area contributed by atoms with Crippen LogP contribution in [0.3, 0.4) is 0 Å². The zero-order valence-corrected chi connectivity index (χ0v) is 12.4. The van der Waals surface area contributed by atoms with Crippen molar-refractivity contribution in [3.8, 4) is 0 Å². The molecule has 0 aliphatic rings. The summed E-state index contributed by atoms with van der Waals surface area (Å²) in [6, 6.07) is 13.4. The summed E-state index contributed by atoms with van der Waals surface area (Å²) >= 11 is 0. The van der Waals surface area contributed by atoms with Gasteiger partial charge in [-0.05, 0) is 54.3 Å². The molecule has 2 aromatic carbocycles. The molecule has 106 valence electrons. The minimum absolute atomic E-state index is 0.0295. The number of hydrogen-bond donors (Lipinski definition) is 1. The lowest BCUT2D eigenvalue weighted by molar-refractivity contribution is 0.616.